The maximum atomic E-state index is 12.0. The van der Waals surface area contributed by atoms with Crippen molar-refractivity contribution in [1.29, 1.82) is 0 Å². The van der Waals surface area contributed by atoms with Crippen molar-refractivity contribution >= 4 is 11.9 Å². The first-order valence-corrected chi connectivity index (χ1v) is 6.52. The van der Waals surface area contributed by atoms with Crippen molar-refractivity contribution in [3.05, 3.63) is 23.8 Å². The molecule has 1 heterocycles. The average molecular weight is 295 g/mol. The molecule has 1 aliphatic rings. The van der Waals surface area contributed by atoms with Gasteiger partial charge in [-0.2, -0.15) is 0 Å². The van der Waals surface area contributed by atoms with Crippen molar-refractivity contribution in [2.24, 2.45) is 0 Å². The van der Waals surface area contributed by atoms with Crippen molar-refractivity contribution in [1.82, 2.24) is 4.90 Å². The summed E-state index contributed by atoms with van der Waals surface area (Å²) in [7, 11) is 1.41. The molecule has 0 saturated carbocycles. The van der Waals surface area contributed by atoms with Crippen LogP contribution >= 0.6 is 0 Å². The number of hydrogen-bond acceptors (Lipinski definition) is 5. The Kier molecular flexibility index (Phi) is 4.99. The Hall–Kier alpha value is -2.28. The second-order valence-corrected chi connectivity index (χ2v) is 4.42. The van der Waals surface area contributed by atoms with Crippen molar-refractivity contribution in [2.75, 3.05) is 40.0 Å². The molecule has 0 atom stereocenters. The van der Waals surface area contributed by atoms with Gasteiger partial charge in [-0.05, 0) is 12.1 Å². The number of benzene rings is 1. The summed E-state index contributed by atoms with van der Waals surface area (Å²) in [6.07, 6.45) is 0. The average Bonchev–Trinajstić information content (AvgIpc) is 2.52. The number of nitrogens with zero attached hydrogens (tertiary/aromatic N) is 1. The van der Waals surface area contributed by atoms with E-state index in [-0.39, 0.29) is 29.6 Å². The minimum Gasteiger partial charge on any atom is -0.493 e. The minimum atomic E-state index is -1.14. The van der Waals surface area contributed by atoms with E-state index in [0.717, 1.165) is 0 Å². The molecule has 0 spiro atoms. The fourth-order valence-corrected chi connectivity index (χ4v) is 2.03. The predicted molar refractivity (Wildman–Crippen MR) is 72.8 cm³/mol. The Morgan fingerprint density at radius 2 is 2.05 bits per heavy atom. The zero-order chi connectivity index (χ0) is 15.2. The molecule has 1 aromatic rings. The number of aromatic carboxylic acids is 1. The standard InChI is InChI=1S/C14H17NO6/c1-19-11-4-2-3-10(14(17)18)13(11)21-9-12(16)15-5-7-20-8-6-15/h2-4H,5-9H2,1H3,(H,17,18). The van der Waals surface area contributed by atoms with Crippen molar-refractivity contribution in [2.45, 2.75) is 0 Å². The van der Waals surface area contributed by atoms with Gasteiger partial charge in [-0.25, -0.2) is 4.79 Å². The van der Waals surface area contributed by atoms with E-state index in [9.17, 15) is 9.59 Å². The van der Waals surface area contributed by atoms with Crippen LogP contribution in [0, 0.1) is 0 Å². The van der Waals surface area contributed by atoms with E-state index in [1.54, 1.807) is 17.0 Å². The van der Waals surface area contributed by atoms with Crippen LogP contribution in [0.3, 0.4) is 0 Å². The van der Waals surface area contributed by atoms with E-state index in [2.05, 4.69) is 0 Å². The van der Waals surface area contributed by atoms with E-state index in [1.807, 2.05) is 0 Å². The lowest BCUT2D eigenvalue weighted by Crippen LogP contribution is -2.43. The number of carboxylic acid groups (broad SMARTS) is 1. The third-order valence-electron chi connectivity index (χ3n) is 3.13. The first-order valence-electron chi connectivity index (χ1n) is 6.52. The van der Waals surface area contributed by atoms with Crippen LogP contribution in [0.25, 0.3) is 0 Å². The molecule has 7 nitrogen and oxygen atoms in total. The molecular formula is C14H17NO6. The van der Waals surface area contributed by atoms with Crippen molar-refractivity contribution < 1.29 is 28.9 Å². The van der Waals surface area contributed by atoms with Crippen LogP contribution in [-0.4, -0.2) is 61.9 Å². The number of para-hydroxylation sites is 1. The Morgan fingerprint density at radius 1 is 1.33 bits per heavy atom. The first kappa shape index (κ1) is 15.1. The molecule has 21 heavy (non-hydrogen) atoms. The molecule has 0 aliphatic carbocycles. The number of carbonyl (C=O) groups is 2. The molecular weight excluding hydrogens is 278 g/mol. The number of ether oxygens (including phenoxy) is 3. The highest BCUT2D eigenvalue weighted by atomic mass is 16.5. The fraction of sp³-hybridized carbons (Fsp3) is 0.429. The Balaban J connectivity index is 2.08. The summed E-state index contributed by atoms with van der Waals surface area (Å²) in [6, 6.07) is 4.54. The Labute approximate surface area is 122 Å². The van der Waals surface area contributed by atoms with Crippen LogP contribution in [-0.2, 0) is 9.53 Å². The van der Waals surface area contributed by atoms with Crippen molar-refractivity contribution in [3.63, 3.8) is 0 Å². The maximum absolute atomic E-state index is 12.0. The molecule has 1 saturated heterocycles. The van der Waals surface area contributed by atoms with Crippen LogP contribution in [0.2, 0.25) is 0 Å². The molecule has 1 fully saturated rings. The van der Waals surface area contributed by atoms with Gasteiger partial charge in [0.15, 0.2) is 18.1 Å². The SMILES string of the molecule is COc1cccc(C(=O)O)c1OCC(=O)N1CCOCC1. The second-order valence-electron chi connectivity index (χ2n) is 4.42. The quantitative estimate of drug-likeness (QED) is 0.857. The van der Waals surface area contributed by atoms with E-state index >= 15 is 0 Å². The molecule has 1 aliphatic heterocycles. The molecule has 0 radical (unpaired) electrons. The predicted octanol–water partition coefficient (Wildman–Crippen LogP) is 0.631. The second kappa shape index (κ2) is 6.94. The highest BCUT2D eigenvalue weighted by Gasteiger charge is 2.21. The van der Waals surface area contributed by atoms with Crippen LogP contribution in [0.15, 0.2) is 18.2 Å². The Morgan fingerprint density at radius 3 is 2.67 bits per heavy atom. The van der Waals surface area contributed by atoms with Crippen molar-refractivity contribution in [3.8, 4) is 11.5 Å². The first-order chi connectivity index (χ1) is 10.1. The summed E-state index contributed by atoms with van der Waals surface area (Å²) in [4.78, 5) is 24.8. The molecule has 0 unspecified atom stereocenters. The monoisotopic (exact) mass is 295 g/mol. The normalized spacial score (nSPS) is 14.6. The highest BCUT2D eigenvalue weighted by Crippen LogP contribution is 2.31. The largest absolute Gasteiger partial charge is 0.493 e. The van der Waals surface area contributed by atoms with Crippen LogP contribution in [0.4, 0.5) is 0 Å². The van der Waals surface area contributed by atoms with E-state index < -0.39 is 5.97 Å². The molecule has 7 heteroatoms. The van der Waals surface area contributed by atoms with Crippen LogP contribution < -0.4 is 9.47 Å². The molecule has 1 N–H and O–H groups in total. The van der Waals surface area contributed by atoms with E-state index in [1.165, 1.54) is 13.2 Å². The lowest BCUT2D eigenvalue weighted by Gasteiger charge is -2.26. The summed E-state index contributed by atoms with van der Waals surface area (Å²) in [6.45, 7) is 1.79. The van der Waals surface area contributed by atoms with Crippen LogP contribution in [0.5, 0.6) is 11.5 Å². The number of methoxy groups -OCH3 is 1. The molecule has 0 bridgehead atoms. The molecule has 1 aromatic carbocycles. The summed E-state index contributed by atoms with van der Waals surface area (Å²) < 4.78 is 15.6. The molecule has 2 rings (SSSR count). The van der Waals surface area contributed by atoms with Gasteiger partial charge in [0.1, 0.15) is 5.56 Å². The van der Waals surface area contributed by atoms with Crippen LogP contribution in [0.1, 0.15) is 10.4 Å². The van der Waals surface area contributed by atoms with Gasteiger partial charge in [-0.3, -0.25) is 4.79 Å². The Bertz CT molecular complexity index is 524. The number of amides is 1. The van der Waals surface area contributed by atoms with E-state index in [4.69, 9.17) is 19.3 Å². The number of hydrogen-bond donors (Lipinski definition) is 1. The smallest absolute Gasteiger partial charge is 0.339 e. The summed E-state index contributed by atoms with van der Waals surface area (Å²) in [5, 5.41) is 9.15. The molecule has 1 amide bonds. The topological polar surface area (TPSA) is 85.3 Å². The lowest BCUT2D eigenvalue weighted by atomic mass is 10.2. The molecule has 0 aromatic heterocycles. The maximum Gasteiger partial charge on any atom is 0.339 e. The summed E-state index contributed by atoms with van der Waals surface area (Å²) in [5.74, 6) is -0.998. The van der Waals surface area contributed by atoms with Gasteiger partial charge >= 0.3 is 5.97 Å². The van der Waals surface area contributed by atoms with Gasteiger partial charge < -0.3 is 24.2 Å². The number of rotatable bonds is 5. The van der Waals surface area contributed by atoms with Gasteiger partial charge in [-0.1, -0.05) is 6.07 Å². The van der Waals surface area contributed by atoms with Gasteiger partial charge in [0, 0.05) is 13.1 Å². The van der Waals surface area contributed by atoms with Gasteiger partial charge in [0.2, 0.25) is 0 Å². The number of carbonyl (C=O) groups excluding carboxylic acids is 1. The highest BCUT2D eigenvalue weighted by molar-refractivity contribution is 5.92. The minimum absolute atomic E-state index is 0.0378. The zero-order valence-corrected chi connectivity index (χ0v) is 11.7. The van der Waals surface area contributed by atoms with Gasteiger partial charge in [0.05, 0.1) is 20.3 Å². The van der Waals surface area contributed by atoms with Gasteiger partial charge in [0.25, 0.3) is 5.91 Å². The summed E-state index contributed by atoms with van der Waals surface area (Å²) >= 11 is 0. The van der Waals surface area contributed by atoms with Gasteiger partial charge in [-0.15, -0.1) is 0 Å². The fourth-order valence-electron chi connectivity index (χ4n) is 2.03. The molecule has 114 valence electrons. The zero-order valence-electron chi connectivity index (χ0n) is 11.7. The third-order valence-corrected chi connectivity index (χ3v) is 3.13. The third kappa shape index (κ3) is 3.63. The number of carboxylic acids is 1. The number of morpholine rings is 1. The lowest BCUT2D eigenvalue weighted by molar-refractivity contribution is -0.137. The summed E-state index contributed by atoms with van der Waals surface area (Å²) in [5.41, 5.74) is -0.0378. The van der Waals surface area contributed by atoms with E-state index in [0.29, 0.717) is 26.3 Å².